The van der Waals surface area contributed by atoms with Gasteiger partial charge in [-0.05, 0) is 18.4 Å². The van der Waals surface area contributed by atoms with Gasteiger partial charge < -0.3 is 4.74 Å². The summed E-state index contributed by atoms with van der Waals surface area (Å²) >= 11 is 0. The maximum Gasteiger partial charge on any atom is 0.314 e. The number of carbonyl (C=O) groups is 1. The van der Waals surface area contributed by atoms with Crippen LogP contribution < -0.4 is 5.43 Å². The minimum absolute atomic E-state index is 0.185. The SMILES string of the molecule is COC(=O)C(CNN1CCCCC1)c1ccccc1. The third kappa shape index (κ3) is 4.04. The molecule has 0 amide bonds. The smallest absolute Gasteiger partial charge is 0.314 e. The van der Waals surface area contributed by atoms with E-state index in [9.17, 15) is 4.79 Å². The number of hydrogen-bond donors (Lipinski definition) is 1. The molecule has 4 nitrogen and oxygen atoms in total. The van der Waals surface area contributed by atoms with Crippen molar-refractivity contribution in [2.24, 2.45) is 0 Å². The van der Waals surface area contributed by atoms with Crippen LogP contribution in [0.15, 0.2) is 30.3 Å². The van der Waals surface area contributed by atoms with Gasteiger partial charge in [-0.3, -0.25) is 10.2 Å². The summed E-state index contributed by atoms with van der Waals surface area (Å²) < 4.78 is 4.91. The zero-order chi connectivity index (χ0) is 13.5. The standard InChI is InChI=1S/C15H22N2O2/c1-19-15(18)14(13-8-4-2-5-9-13)12-16-17-10-6-3-7-11-17/h2,4-5,8-9,14,16H,3,6-7,10-12H2,1H3. The summed E-state index contributed by atoms with van der Waals surface area (Å²) in [5.74, 6) is -0.427. The van der Waals surface area contributed by atoms with Gasteiger partial charge >= 0.3 is 5.97 Å². The van der Waals surface area contributed by atoms with Crippen molar-refractivity contribution in [1.29, 1.82) is 0 Å². The van der Waals surface area contributed by atoms with Gasteiger partial charge in [-0.15, -0.1) is 0 Å². The molecular weight excluding hydrogens is 240 g/mol. The molecule has 1 aromatic rings. The number of nitrogens with zero attached hydrogens (tertiary/aromatic N) is 1. The van der Waals surface area contributed by atoms with E-state index in [1.807, 2.05) is 30.3 Å². The van der Waals surface area contributed by atoms with Crippen molar-refractivity contribution in [2.45, 2.75) is 25.2 Å². The highest BCUT2D eigenvalue weighted by atomic mass is 16.5. The quantitative estimate of drug-likeness (QED) is 0.823. The van der Waals surface area contributed by atoms with Crippen molar-refractivity contribution < 1.29 is 9.53 Å². The van der Waals surface area contributed by atoms with Crippen LogP contribution in [0.25, 0.3) is 0 Å². The fourth-order valence-corrected chi connectivity index (χ4v) is 2.44. The van der Waals surface area contributed by atoms with E-state index in [4.69, 9.17) is 4.74 Å². The van der Waals surface area contributed by atoms with Crippen LogP contribution in [0.4, 0.5) is 0 Å². The number of esters is 1. The van der Waals surface area contributed by atoms with Crippen molar-refractivity contribution in [1.82, 2.24) is 10.4 Å². The first-order valence-electron chi connectivity index (χ1n) is 6.92. The van der Waals surface area contributed by atoms with Gasteiger partial charge in [0.25, 0.3) is 0 Å². The van der Waals surface area contributed by atoms with Gasteiger partial charge in [0.2, 0.25) is 0 Å². The molecule has 0 bridgehead atoms. The van der Waals surface area contributed by atoms with Crippen LogP contribution in [0.3, 0.4) is 0 Å². The monoisotopic (exact) mass is 262 g/mol. The molecule has 0 spiro atoms. The molecule has 4 heteroatoms. The lowest BCUT2D eigenvalue weighted by molar-refractivity contribution is -0.142. The first-order valence-corrected chi connectivity index (χ1v) is 6.92. The second-order valence-electron chi connectivity index (χ2n) is 4.90. The lowest BCUT2D eigenvalue weighted by Crippen LogP contribution is -2.44. The molecule has 104 valence electrons. The van der Waals surface area contributed by atoms with Gasteiger partial charge in [0.15, 0.2) is 0 Å². The summed E-state index contributed by atoms with van der Waals surface area (Å²) in [7, 11) is 1.44. The molecule has 0 aromatic heterocycles. The summed E-state index contributed by atoms with van der Waals surface area (Å²) in [5.41, 5.74) is 4.37. The lowest BCUT2D eigenvalue weighted by atomic mass is 9.99. The van der Waals surface area contributed by atoms with Crippen LogP contribution in [-0.2, 0) is 9.53 Å². The van der Waals surface area contributed by atoms with Crippen LogP contribution in [0.5, 0.6) is 0 Å². The van der Waals surface area contributed by atoms with E-state index in [0.717, 1.165) is 18.7 Å². The van der Waals surface area contributed by atoms with E-state index in [1.165, 1.54) is 26.4 Å². The number of hydrogen-bond acceptors (Lipinski definition) is 4. The van der Waals surface area contributed by atoms with Crippen LogP contribution in [-0.4, -0.2) is 37.7 Å². The Balaban J connectivity index is 1.96. The summed E-state index contributed by atoms with van der Waals surface area (Å²) in [5, 5.41) is 2.21. The molecule has 2 rings (SSSR count). The molecule has 1 aliphatic heterocycles. The first-order chi connectivity index (χ1) is 9.31. The Morgan fingerprint density at radius 2 is 1.95 bits per heavy atom. The summed E-state index contributed by atoms with van der Waals surface area (Å²) in [6, 6.07) is 9.80. The number of rotatable bonds is 5. The van der Waals surface area contributed by atoms with Crippen molar-refractivity contribution >= 4 is 5.97 Å². The Kier molecular flexibility index (Phi) is 5.36. The maximum absolute atomic E-state index is 11.9. The van der Waals surface area contributed by atoms with E-state index in [0.29, 0.717) is 6.54 Å². The fraction of sp³-hybridized carbons (Fsp3) is 0.533. The van der Waals surface area contributed by atoms with Gasteiger partial charge in [-0.2, -0.15) is 0 Å². The van der Waals surface area contributed by atoms with Crippen molar-refractivity contribution in [3.63, 3.8) is 0 Å². The topological polar surface area (TPSA) is 41.6 Å². The highest BCUT2D eigenvalue weighted by Crippen LogP contribution is 2.17. The molecule has 1 atom stereocenters. The summed E-state index contributed by atoms with van der Waals surface area (Å²) in [4.78, 5) is 11.9. The zero-order valence-electron chi connectivity index (χ0n) is 11.5. The molecule has 0 aliphatic carbocycles. The minimum Gasteiger partial charge on any atom is -0.469 e. The first kappa shape index (κ1) is 14.0. The molecule has 1 saturated heterocycles. The van der Waals surface area contributed by atoms with Crippen molar-refractivity contribution in [3.8, 4) is 0 Å². The molecule has 1 aliphatic rings. The Morgan fingerprint density at radius 3 is 2.58 bits per heavy atom. The normalized spacial score (nSPS) is 17.9. The average Bonchev–Trinajstić information content (AvgIpc) is 2.49. The fourth-order valence-electron chi connectivity index (χ4n) is 2.44. The number of hydrazine groups is 1. The van der Waals surface area contributed by atoms with Crippen LogP contribution in [0.1, 0.15) is 30.7 Å². The summed E-state index contributed by atoms with van der Waals surface area (Å²) in [6.45, 7) is 2.71. The number of piperidine rings is 1. The van der Waals surface area contributed by atoms with Crippen LogP contribution >= 0.6 is 0 Å². The number of nitrogens with one attached hydrogen (secondary N) is 1. The van der Waals surface area contributed by atoms with Gasteiger partial charge in [0.1, 0.15) is 0 Å². The van der Waals surface area contributed by atoms with Crippen molar-refractivity contribution in [3.05, 3.63) is 35.9 Å². The number of benzene rings is 1. The summed E-state index contributed by atoms with van der Waals surface area (Å²) in [6.07, 6.45) is 3.75. The van der Waals surface area contributed by atoms with E-state index in [2.05, 4.69) is 10.4 Å². The van der Waals surface area contributed by atoms with E-state index >= 15 is 0 Å². The Bertz CT molecular complexity index is 388. The molecule has 0 saturated carbocycles. The average molecular weight is 262 g/mol. The van der Waals surface area contributed by atoms with Gasteiger partial charge in [-0.1, -0.05) is 36.8 Å². The molecule has 1 heterocycles. The van der Waals surface area contributed by atoms with Crippen molar-refractivity contribution in [2.75, 3.05) is 26.7 Å². The highest BCUT2D eigenvalue weighted by molar-refractivity contribution is 5.78. The molecule has 1 N–H and O–H groups in total. The Morgan fingerprint density at radius 1 is 1.26 bits per heavy atom. The minimum atomic E-state index is -0.242. The predicted octanol–water partition coefficient (Wildman–Crippen LogP) is 1.93. The second-order valence-corrected chi connectivity index (χ2v) is 4.90. The Labute approximate surface area is 114 Å². The Hall–Kier alpha value is -1.39. The second kappa shape index (κ2) is 7.26. The lowest BCUT2D eigenvalue weighted by Gasteiger charge is -2.28. The van der Waals surface area contributed by atoms with E-state index < -0.39 is 0 Å². The number of methoxy groups -OCH3 is 1. The molecule has 1 aromatic carbocycles. The largest absolute Gasteiger partial charge is 0.469 e. The highest BCUT2D eigenvalue weighted by Gasteiger charge is 2.22. The molecule has 0 radical (unpaired) electrons. The molecule has 1 unspecified atom stereocenters. The number of carbonyl (C=O) groups excluding carboxylic acids is 1. The van der Waals surface area contributed by atoms with E-state index in [-0.39, 0.29) is 11.9 Å². The zero-order valence-corrected chi connectivity index (χ0v) is 11.5. The molecule has 19 heavy (non-hydrogen) atoms. The van der Waals surface area contributed by atoms with Crippen LogP contribution in [0.2, 0.25) is 0 Å². The van der Waals surface area contributed by atoms with Crippen LogP contribution in [0, 0.1) is 0 Å². The third-order valence-corrected chi connectivity index (χ3v) is 3.56. The third-order valence-electron chi connectivity index (χ3n) is 3.56. The molecule has 1 fully saturated rings. The van der Waals surface area contributed by atoms with Gasteiger partial charge in [-0.25, -0.2) is 5.01 Å². The van der Waals surface area contributed by atoms with E-state index in [1.54, 1.807) is 0 Å². The maximum atomic E-state index is 11.9. The van der Waals surface area contributed by atoms with Gasteiger partial charge in [0.05, 0.1) is 13.0 Å². The van der Waals surface area contributed by atoms with Gasteiger partial charge in [0, 0.05) is 19.6 Å². The predicted molar refractivity (Wildman–Crippen MR) is 74.6 cm³/mol. The molecular formula is C15H22N2O2. The number of ether oxygens (including phenoxy) is 1.